The average molecular weight is 326 g/mol. The van der Waals surface area contributed by atoms with Crippen LogP contribution in [0.1, 0.15) is 11.1 Å². The minimum absolute atomic E-state index is 0.255. The highest BCUT2D eigenvalue weighted by Crippen LogP contribution is 2.37. The summed E-state index contributed by atoms with van der Waals surface area (Å²) in [6.45, 7) is 0.477. The lowest BCUT2D eigenvalue weighted by Crippen LogP contribution is -2.06. The Morgan fingerprint density at radius 1 is 1.13 bits per heavy atom. The van der Waals surface area contributed by atoms with Crippen molar-refractivity contribution >= 4 is 5.69 Å². The molecule has 0 aliphatic heterocycles. The van der Waals surface area contributed by atoms with Gasteiger partial charge < -0.3 is 10.5 Å². The van der Waals surface area contributed by atoms with Crippen LogP contribution in [0.3, 0.4) is 0 Å². The molecule has 0 saturated heterocycles. The van der Waals surface area contributed by atoms with Crippen LogP contribution in [0.2, 0.25) is 0 Å². The van der Waals surface area contributed by atoms with Crippen LogP contribution < -0.4 is 10.5 Å². The first-order chi connectivity index (χ1) is 10.8. The molecule has 0 fully saturated rings. The van der Waals surface area contributed by atoms with Gasteiger partial charge in [-0.3, -0.25) is 10.1 Å². The standard InChI is InChI=1S/C15H13F3N2O3/c16-15(17,18)11-3-6-14(13(9-11)20(21)22)23-12-4-1-10(2-5-12)7-8-19/h1-6,9H,7-8,19H2. The quantitative estimate of drug-likeness (QED) is 0.667. The molecule has 0 heterocycles. The third-order valence-corrected chi connectivity index (χ3v) is 3.07. The van der Waals surface area contributed by atoms with Crippen LogP contribution in [0.5, 0.6) is 11.5 Å². The highest BCUT2D eigenvalue weighted by atomic mass is 19.4. The van der Waals surface area contributed by atoms with Gasteiger partial charge in [-0.25, -0.2) is 0 Å². The van der Waals surface area contributed by atoms with Crippen molar-refractivity contribution in [1.82, 2.24) is 0 Å². The lowest BCUT2D eigenvalue weighted by atomic mass is 10.1. The summed E-state index contributed by atoms with van der Waals surface area (Å²) in [4.78, 5) is 10.1. The highest BCUT2D eigenvalue weighted by Gasteiger charge is 2.33. The number of nitro benzene ring substituents is 1. The SMILES string of the molecule is NCCc1ccc(Oc2ccc(C(F)(F)F)cc2[N+](=O)[O-])cc1. The molecule has 0 amide bonds. The summed E-state index contributed by atoms with van der Waals surface area (Å²) in [5, 5.41) is 11.0. The van der Waals surface area contributed by atoms with Crippen molar-refractivity contribution in [2.45, 2.75) is 12.6 Å². The molecule has 5 nitrogen and oxygen atoms in total. The molecule has 0 aliphatic carbocycles. The zero-order valence-corrected chi connectivity index (χ0v) is 11.8. The molecule has 2 N–H and O–H groups in total. The van der Waals surface area contributed by atoms with Gasteiger partial charge >= 0.3 is 11.9 Å². The molecule has 0 radical (unpaired) electrons. The van der Waals surface area contributed by atoms with Gasteiger partial charge in [-0.15, -0.1) is 0 Å². The third kappa shape index (κ3) is 4.19. The smallest absolute Gasteiger partial charge is 0.416 e. The summed E-state index contributed by atoms with van der Waals surface area (Å²) in [6, 6.07) is 8.76. The monoisotopic (exact) mass is 326 g/mol. The molecular weight excluding hydrogens is 313 g/mol. The zero-order chi connectivity index (χ0) is 17.0. The van der Waals surface area contributed by atoms with E-state index in [1.165, 1.54) is 0 Å². The topological polar surface area (TPSA) is 78.4 Å². The van der Waals surface area contributed by atoms with Crippen molar-refractivity contribution in [2.24, 2.45) is 5.73 Å². The molecule has 0 unspecified atom stereocenters. The highest BCUT2D eigenvalue weighted by molar-refractivity contribution is 5.51. The minimum atomic E-state index is -4.66. The summed E-state index contributed by atoms with van der Waals surface area (Å²) >= 11 is 0. The number of alkyl halides is 3. The normalized spacial score (nSPS) is 11.3. The van der Waals surface area contributed by atoms with Crippen LogP contribution >= 0.6 is 0 Å². The molecule has 0 aliphatic rings. The number of benzene rings is 2. The van der Waals surface area contributed by atoms with Crippen molar-refractivity contribution in [3.05, 3.63) is 63.7 Å². The van der Waals surface area contributed by atoms with Crippen LogP contribution in [0.4, 0.5) is 18.9 Å². The lowest BCUT2D eigenvalue weighted by Gasteiger charge is -2.10. The van der Waals surface area contributed by atoms with E-state index in [2.05, 4.69) is 0 Å². The molecular formula is C15H13F3N2O3. The molecule has 0 aromatic heterocycles. The van der Waals surface area contributed by atoms with E-state index in [-0.39, 0.29) is 11.5 Å². The predicted octanol–water partition coefficient (Wildman–Crippen LogP) is 3.91. The van der Waals surface area contributed by atoms with Gasteiger partial charge in [0, 0.05) is 6.07 Å². The fourth-order valence-electron chi connectivity index (χ4n) is 1.94. The predicted molar refractivity (Wildman–Crippen MR) is 77.4 cm³/mol. The number of ether oxygens (including phenoxy) is 1. The summed E-state index contributed by atoms with van der Waals surface area (Å²) in [6.07, 6.45) is -3.99. The van der Waals surface area contributed by atoms with E-state index < -0.39 is 22.4 Å². The third-order valence-electron chi connectivity index (χ3n) is 3.07. The second-order valence-electron chi connectivity index (χ2n) is 4.72. The number of nitrogens with zero attached hydrogens (tertiary/aromatic N) is 1. The Balaban J connectivity index is 2.30. The van der Waals surface area contributed by atoms with E-state index >= 15 is 0 Å². The molecule has 122 valence electrons. The number of hydrogen-bond donors (Lipinski definition) is 1. The average Bonchev–Trinajstić information content (AvgIpc) is 2.48. The Hall–Kier alpha value is -2.61. The number of hydrogen-bond acceptors (Lipinski definition) is 4. The Bertz CT molecular complexity index is 700. The van der Waals surface area contributed by atoms with Gasteiger partial charge in [0.2, 0.25) is 5.75 Å². The van der Waals surface area contributed by atoms with E-state index in [4.69, 9.17) is 10.5 Å². The van der Waals surface area contributed by atoms with Gasteiger partial charge in [0.15, 0.2) is 0 Å². The van der Waals surface area contributed by atoms with E-state index in [0.29, 0.717) is 19.0 Å². The van der Waals surface area contributed by atoms with Crippen molar-refractivity contribution in [2.75, 3.05) is 6.54 Å². The Morgan fingerprint density at radius 2 is 1.78 bits per heavy atom. The summed E-state index contributed by atoms with van der Waals surface area (Å²) in [5.74, 6) is 0.0307. The first-order valence-electron chi connectivity index (χ1n) is 6.64. The van der Waals surface area contributed by atoms with Gasteiger partial charge in [0.25, 0.3) is 0 Å². The fraction of sp³-hybridized carbons (Fsp3) is 0.200. The minimum Gasteiger partial charge on any atom is -0.450 e. The van der Waals surface area contributed by atoms with E-state index in [0.717, 1.165) is 17.7 Å². The van der Waals surface area contributed by atoms with Gasteiger partial charge in [-0.1, -0.05) is 12.1 Å². The van der Waals surface area contributed by atoms with Crippen LogP contribution in [0.15, 0.2) is 42.5 Å². The molecule has 0 saturated carbocycles. The molecule has 0 bridgehead atoms. The van der Waals surface area contributed by atoms with Crippen molar-refractivity contribution in [1.29, 1.82) is 0 Å². The number of rotatable bonds is 5. The van der Waals surface area contributed by atoms with Crippen molar-refractivity contribution < 1.29 is 22.8 Å². The molecule has 8 heteroatoms. The largest absolute Gasteiger partial charge is 0.450 e. The first-order valence-corrected chi connectivity index (χ1v) is 6.64. The van der Waals surface area contributed by atoms with Gasteiger partial charge in [-0.05, 0) is 42.8 Å². The molecule has 2 aromatic carbocycles. The molecule has 23 heavy (non-hydrogen) atoms. The van der Waals surface area contributed by atoms with E-state index in [9.17, 15) is 23.3 Å². The second-order valence-corrected chi connectivity index (χ2v) is 4.72. The van der Waals surface area contributed by atoms with E-state index in [1.54, 1.807) is 24.3 Å². The lowest BCUT2D eigenvalue weighted by molar-refractivity contribution is -0.385. The van der Waals surface area contributed by atoms with Crippen LogP contribution in [0.25, 0.3) is 0 Å². The molecule has 0 atom stereocenters. The van der Waals surface area contributed by atoms with Gasteiger partial charge in [0.1, 0.15) is 5.75 Å². The molecule has 2 rings (SSSR count). The maximum atomic E-state index is 12.6. The number of nitrogens with two attached hydrogens (primary N) is 1. The second kappa shape index (κ2) is 6.66. The van der Waals surface area contributed by atoms with Crippen LogP contribution in [0, 0.1) is 10.1 Å². The Kier molecular flexibility index (Phi) is 4.85. The zero-order valence-electron chi connectivity index (χ0n) is 11.8. The van der Waals surface area contributed by atoms with Crippen molar-refractivity contribution in [3.8, 4) is 11.5 Å². The van der Waals surface area contributed by atoms with Crippen LogP contribution in [-0.2, 0) is 12.6 Å². The maximum Gasteiger partial charge on any atom is 0.416 e. The molecule has 2 aromatic rings. The first kappa shape index (κ1) is 16.8. The van der Waals surface area contributed by atoms with Crippen LogP contribution in [-0.4, -0.2) is 11.5 Å². The summed E-state index contributed by atoms with van der Waals surface area (Å²) in [7, 11) is 0. The van der Waals surface area contributed by atoms with Crippen molar-refractivity contribution in [3.63, 3.8) is 0 Å². The van der Waals surface area contributed by atoms with Gasteiger partial charge in [-0.2, -0.15) is 13.2 Å². The Morgan fingerprint density at radius 3 is 2.30 bits per heavy atom. The summed E-state index contributed by atoms with van der Waals surface area (Å²) in [5.41, 5.74) is 4.54. The fourth-order valence-corrected chi connectivity index (χ4v) is 1.94. The molecule has 0 spiro atoms. The Labute approximate surface area is 129 Å². The maximum absolute atomic E-state index is 12.6. The number of nitro groups is 1. The summed E-state index contributed by atoms with van der Waals surface area (Å²) < 4.78 is 43.2. The van der Waals surface area contributed by atoms with Gasteiger partial charge in [0.05, 0.1) is 10.5 Å². The number of halogens is 3. The van der Waals surface area contributed by atoms with E-state index in [1.807, 2.05) is 0 Å².